The van der Waals surface area contributed by atoms with Crippen LogP contribution in [0.1, 0.15) is 12.8 Å². The Morgan fingerprint density at radius 3 is 3.14 bits per heavy atom. The highest BCUT2D eigenvalue weighted by atomic mass is 127. The molecule has 0 bridgehead atoms. The minimum absolute atomic E-state index is 0.410. The smallest absolute Gasteiger partial charge is 0.0748 e. The van der Waals surface area contributed by atoms with Gasteiger partial charge in [-0.15, -0.1) is 0 Å². The molecule has 3 heteroatoms. The van der Waals surface area contributed by atoms with Crippen molar-refractivity contribution in [2.45, 2.75) is 18.9 Å². The summed E-state index contributed by atoms with van der Waals surface area (Å²) in [5.41, 5.74) is 1.19. The van der Waals surface area contributed by atoms with E-state index in [1.165, 1.54) is 22.1 Å². The second kappa shape index (κ2) is 4.98. The predicted octanol–water partition coefficient (Wildman–Crippen LogP) is 2.88. The molecule has 1 atom stereocenters. The van der Waals surface area contributed by atoms with E-state index in [-0.39, 0.29) is 0 Å². The van der Waals surface area contributed by atoms with Gasteiger partial charge in [0, 0.05) is 22.4 Å². The molecule has 76 valence electrons. The van der Waals surface area contributed by atoms with Crippen LogP contribution >= 0.6 is 22.6 Å². The topological polar surface area (TPSA) is 21.3 Å². The second-order valence-electron chi connectivity index (χ2n) is 3.53. The van der Waals surface area contributed by atoms with E-state index in [0.717, 1.165) is 13.2 Å². The molecule has 1 unspecified atom stereocenters. The highest BCUT2D eigenvalue weighted by Gasteiger charge is 2.14. The Balaban J connectivity index is 1.85. The standard InChI is InChI=1S/C11H14INO/c12-9-3-1-4-10(7-9)13-8-11-5-2-6-14-11/h1,3-4,7,11,13H,2,5-6,8H2. The van der Waals surface area contributed by atoms with Crippen LogP contribution in [0.25, 0.3) is 0 Å². The van der Waals surface area contributed by atoms with Crippen LogP contribution in [-0.2, 0) is 4.74 Å². The first-order valence-electron chi connectivity index (χ1n) is 4.95. The van der Waals surface area contributed by atoms with Gasteiger partial charge in [0.1, 0.15) is 0 Å². The van der Waals surface area contributed by atoms with Gasteiger partial charge in [0.25, 0.3) is 0 Å². The molecule has 1 aromatic carbocycles. The van der Waals surface area contributed by atoms with Crippen molar-refractivity contribution in [3.8, 4) is 0 Å². The summed E-state index contributed by atoms with van der Waals surface area (Å²) >= 11 is 2.32. The van der Waals surface area contributed by atoms with Crippen molar-refractivity contribution in [2.24, 2.45) is 0 Å². The second-order valence-corrected chi connectivity index (χ2v) is 4.77. The molecule has 1 aliphatic heterocycles. The van der Waals surface area contributed by atoms with Gasteiger partial charge < -0.3 is 10.1 Å². The van der Waals surface area contributed by atoms with Crippen molar-refractivity contribution in [1.29, 1.82) is 0 Å². The first-order valence-corrected chi connectivity index (χ1v) is 6.03. The summed E-state index contributed by atoms with van der Waals surface area (Å²) in [4.78, 5) is 0. The van der Waals surface area contributed by atoms with E-state index in [4.69, 9.17) is 4.74 Å². The Bertz CT molecular complexity index is 297. The Kier molecular flexibility index (Phi) is 3.64. The lowest BCUT2D eigenvalue weighted by atomic mass is 10.2. The van der Waals surface area contributed by atoms with Crippen molar-refractivity contribution in [3.63, 3.8) is 0 Å². The lowest BCUT2D eigenvalue weighted by Gasteiger charge is -2.11. The molecule has 14 heavy (non-hydrogen) atoms. The van der Waals surface area contributed by atoms with E-state index in [0.29, 0.717) is 6.10 Å². The van der Waals surface area contributed by atoms with E-state index in [1.807, 2.05) is 0 Å². The van der Waals surface area contributed by atoms with Crippen molar-refractivity contribution < 1.29 is 4.74 Å². The summed E-state index contributed by atoms with van der Waals surface area (Å²) in [5.74, 6) is 0. The Morgan fingerprint density at radius 2 is 2.43 bits per heavy atom. The van der Waals surface area contributed by atoms with Crippen LogP contribution in [0.4, 0.5) is 5.69 Å². The molecule has 1 aliphatic rings. The largest absolute Gasteiger partial charge is 0.382 e. The molecule has 2 nitrogen and oxygen atoms in total. The van der Waals surface area contributed by atoms with E-state index < -0.39 is 0 Å². The van der Waals surface area contributed by atoms with Gasteiger partial charge in [-0.05, 0) is 53.6 Å². The number of benzene rings is 1. The average Bonchev–Trinajstić information content (AvgIpc) is 2.67. The van der Waals surface area contributed by atoms with Gasteiger partial charge in [-0.3, -0.25) is 0 Å². The lowest BCUT2D eigenvalue weighted by molar-refractivity contribution is 0.120. The third-order valence-electron chi connectivity index (χ3n) is 2.38. The molecule has 0 amide bonds. The number of hydrogen-bond donors (Lipinski definition) is 1. The molecule has 0 radical (unpaired) electrons. The van der Waals surface area contributed by atoms with E-state index >= 15 is 0 Å². The number of nitrogens with one attached hydrogen (secondary N) is 1. The summed E-state index contributed by atoms with van der Waals surface area (Å²) in [5, 5.41) is 3.40. The van der Waals surface area contributed by atoms with Crippen molar-refractivity contribution in [1.82, 2.24) is 0 Å². The van der Waals surface area contributed by atoms with Crippen LogP contribution < -0.4 is 5.32 Å². The van der Waals surface area contributed by atoms with Crippen molar-refractivity contribution in [2.75, 3.05) is 18.5 Å². The summed E-state index contributed by atoms with van der Waals surface area (Å²) < 4.78 is 6.80. The molecule has 0 aromatic heterocycles. The highest BCUT2D eigenvalue weighted by molar-refractivity contribution is 14.1. The first kappa shape index (κ1) is 10.2. The summed E-state index contributed by atoms with van der Waals surface area (Å²) in [6, 6.07) is 8.41. The quantitative estimate of drug-likeness (QED) is 0.867. The van der Waals surface area contributed by atoms with Gasteiger partial charge in [-0.1, -0.05) is 6.07 Å². The molecule has 1 heterocycles. The number of anilines is 1. The zero-order chi connectivity index (χ0) is 9.80. The zero-order valence-electron chi connectivity index (χ0n) is 8.00. The Morgan fingerprint density at radius 1 is 1.50 bits per heavy atom. The van der Waals surface area contributed by atoms with Gasteiger partial charge in [0.2, 0.25) is 0 Å². The number of rotatable bonds is 3. The van der Waals surface area contributed by atoms with Crippen LogP contribution in [0.2, 0.25) is 0 Å². The summed E-state index contributed by atoms with van der Waals surface area (Å²) in [6.45, 7) is 1.86. The normalized spacial score (nSPS) is 21.1. The SMILES string of the molecule is Ic1cccc(NCC2CCCO2)c1. The third-order valence-corrected chi connectivity index (χ3v) is 3.05. The molecule has 1 fully saturated rings. The van der Waals surface area contributed by atoms with Gasteiger partial charge in [-0.2, -0.15) is 0 Å². The van der Waals surface area contributed by atoms with E-state index in [2.05, 4.69) is 52.2 Å². The summed E-state index contributed by atoms with van der Waals surface area (Å²) in [6.07, 6.45) is 2.81. The maximum atomic E-state index is 5.54. The van der Waals surface area contributed by atoms with E-state index in [9.17, 15) is 0 Å². The molecule has 2 rings (SSSR count). The lowest BCUT2D eigenvalue weighted by Crippen LogP contribution is -2.18. The number of hydrogen-bond acceptors (Lipinski definition) is 2. The van der Waals surface area contributed by atoms with Crippen LogP contribution in [-0.4, -0.2) is 19.3 Å². The van der Waals surface area contributed by atoms with Gasteiger partial charge in [-0.25, -0.2) is 0 Å². The molecule has 1 aromatic rings. The molecule has 0 aliphatic carbocycles. The first-order chi connectivity index (χ1) is 6.84. The monoisotopic (exact) mass is 303 g/mol. The fourth-order valence-corrected chi connectivity index (χ4v) is 2.18. The molecule has 1 N–H and O–H groups in total. The van der Waals surface area contributed by atoms with Crippen LogP contribution in [0.15, 0.2) is 24.3 Å². The van der Waals surface area contributed by atoms with Crippen LogP contribution in [0.3, 0.4) is 0 Å². The molecule has 0 saturated carbocycles. The molecule has 1 saturated heterocycles. The van der Waals surface area contributed by atoms with Gasteiger partial charge >= 0.3 is 0 Å². The minimum Gasteiger partial charge on any atom is -0.382 e. The molecular weight excluding hydrogens is 289 g/mol. The maximum absolute atomic E-state index is 5.54. The fourth-order valence-electron chi connectivity index (χ4n) is 1.64. The number of ether oxygens (including phenoxy) is 1. The van der Waals surface area contributed by atoms with Crippen LogP contribution in [0.5, 0.6) is 0 Å². The Hall–Kier alpha value is -0.290. The predicted molar refractivity (Wildman–Crippen MR) is 66.6 cm³/mol. The molecule has 0 spiro atoms. The van der Waals surface area contributed by atoms with Crippen molar-refractivity contribution >= 4 is 28.3 Å². The maximum Gasteiger partial charge on any atom is 0.0748 e. The van der Waals surface area contributed by atoms with Gasteiger partial charge in [0.15, 0.2) is 0 Å². The fraction of sp³-hybridized carbons (Fsp3) is 0.455. The van der Waals surface area contributed by atoms with Gasteiger partial charge in [0.05, 0.1) is 6.10 Å². The third kappa shape index (κ3) is 2.85. The average molecular weight is 303 g/mol. The van der Waals surface area contributed by atoms with Crippen molar-refractivity contribution in [3.05, 3.63) is 27.8 Å². The van der Waals surface area contributed by atoms with E-state index in [1.54, 1.807) is 0 Å². The zero-order valence-corrected chi connectivity index (χ0v) is 10.2. The Labute approximate surface area is 98.2 Å². The highest BCUT2D eigenvalue weighted by Crippen LogP contribution is 2.15. The summed E-state index contributed by atoms with van der Waals surface area (Å²) in [7, 11) is 0. The van der Waals surface area contributed by atoms with Crippen LogP contribution in [0, 0.1) is 3.57 Å². The number of halogens is 1. The molecular formula is C11H14INO. The minimum atomic E-state index is 0.410.